The zero-order valence-electron chi connectivity index (χ0n) is 17.7. The third-order valence-electron chi connectivity index (χ3n) is 5.44. The Morgan fingerprint density at radius 3 is 2.67 bits per heavy atom. The van der Waals surface area contributed by atoms with Gasteiger partial charge in [-0.3, -0.25) is 4.79 Å². The second kappa shape index (κ2) is 10.1. The molecule has 1 atom stereocenters. The highest BCUT2D eigenvalue weighted by molar-refractivity contribution is 7.89. The summed E-state index contributed by atoms with van der Waals surface area (Å²) >= 11 is 0. The van der Waals surface area contributed by atoms with Crippen LogP contribution in [-0.2, 0) is 16.6 Å². The second-order valence-corrected chi connectivity index (χ2v) is 9.75. The van der Waals surface area contributed by atoms with Gasteiger partial charge in [0.1, 0.15) is 0 Å². The van der Waals surface area contributed by atoms with Crippen molar-refractivity contribution < 1.29 is 13.2 Å². The fourth-order valence-corrected chi connectivity index (χ4v) is 4.90. The zero-order chi connectivity index (χ0) is 21.6. The number of rotatable bonds is 10. The first-order chi connectivity index (χ1) is 14.4. The van der Waals surface area contributed by atoms with Gasteiger partial charge in [0.05, 0.1) is 11.2 Å². The van der Waals surface area contributed by atoms with Crippen LogP contribution in [-0.4, -0.2) is 54.4 Å². The molecule has 8 nitrogen and oxygen atoms in total. The summed E-state index contributed by atoms with van der Waals surface area (Å²) < 4.78 is 29.5. The summed E-state index contributed by atoms with van der Waals surface area (Å²) in [7, 11) is -3.62. The number of anilines is 1. The van der Waals surface area contributed by atoms with E-state index in [1.165, 1.54) is 10.4 Å². The molecule has 1 amide bonds. The van der Waals surface area contributed by atoms with Crippen LogP contribution in [0.3, 0.4) is 0 Å². The first-order valence-corrected chi connectivity index (χ1v) is 12.0. The molecule has 1 aliphatic rings. The van der Waals surface area contributed by atoms with E-state index in [-0.39, 0.29) is 10.8 Å². The fraction of sp³-hybridized carbons (Fsp3) is 0.524. The smallest absolute Gasteiger partial charge is 0.251 e. The van der Waals surface area contributed by atoms with Crippen LogP contribution in [0.15, 0.2) is 41.8 Å². The third kappa shape index (κ3) is 5.60. The molecule has 164 valence electrons. The Hall–Kier alpha value is -2.39. The first kappa shape index (κ1) is 22.3. The van der Waals surface area contributed by atoms with Crippen molar-refractivity contribution in [3.63, 3.8) is 0 Å². The van der Waals surface area contributed by atoms with Gasteiger partial charge in [-0.25, -0.2) is 13.4 Å². The second-order valence-electron chi connectivity index (χ2n) is 7.81. The van der Waals surface area contributed by atoms with Gasteiger partial charge in [-0.1, -0.05) is 20.3 Å². The molecule has 2 N–H and O–H groups in total. The minimum atomic E-state index is -3.62. The number of hydrogen-bond acceptors (Lipinski definition) is 5. The molecule has 1 fully saturated rings. The molecule has 3 rings (SSSR count). The Balaban J connectivity index is 1.80. The Bertz CT molecular complexity index is 938. The number of aromatic nitrogens is 2. The quantitative estimate of drug-likeness (QED) is 0.600. The molecule has 0 saturated carbocycles. The van der Waals surface area contributed by atoms with Gasteiger partial charge in [-0.15, -0.1) is 0 Å². The molecule has 1 aromatic heterocycles. The molecule has 2 heterocycles. The van der Waals surface area contributed by atoms with Crippen molar-refractivity contribution in [2.24, 2.45) is 5.92 Å². The maximum atomic E-state index is 13.1. The van der Waals surface area contributed by atoms with Gasteiger partial charge in [-0.05, 0) is 37.0 Å². The predicted molar refractivity (Wildman–Crippen MR) is 117 cm³/mol. The Kier molecular flexibility index (Phi) is 7.49. The minimum absolute atomic E-state index is 0.165. The van der Waals surface area contributed by atoms with Crippen molar-refractivity contribution in [1.82, 2.24) is 19.2 Å². The number of carbonyl (C=O) groups is 1. The molecule has 30 heavy (non-hydrogen) atoms. The van der Waals surface area contributed by atoms with Crippen molar-refractivity contribution in [2.75, 3.05) is 31.5 Å². The van der Waals surface area contributed by atoms with Crippen LogP contribution in [0.1, 0.15) is 43.5 Å². The van der Waals surface area contributed by atoms with Gasteiger partial charge >= 0.3 is 0 Å². The lowest BCUT2D eigenvalue weighted by Crippen LogP contribution is -2.29. The number of hydrogen-bond donors (Lipinski definition) is 2. The van der Waals surface area contributed by atoms with E-state index in [0.717, 1.165) is 19.3 Å². The Morgan fingerprint density at radius 1 is 1.23 bits per heavy atom. The maximum Gasteiger partial charge on any atom is 0.251 e. The summed E-state index contributed by atoms with van der Waals surface area (Å²) in [5.74, 6) is 0.150. The Labute approximate surface area is 178 Å². The van der Waals surface area contributed by atoms with Crippen LogP contribution in [0, 0.1) is 5.92 Å². The van der Waals surface area contributed by atoms with E-state index in [2.05, 4.69) is 29.5 Å². The lowest BCUT2D eigenvalue weighted by molar-refractivity contribution is 0.0952. The molecule has 9 heteroatoms. The lowest BCUT2D eigenvalue weighted by atomic mass is 10.1. The number of benzene rings is 1. The van der Waals surface area contributed by atoms with E-state index in [4.69, 9.17) is 0 Å². The van der Waals surface area contributed by atoms with Crippen LogP contribution in [0.25, 0.3) is 0 Å². The molecule has 0 aliphatic carbocycles. The number of imidazole rings is 1. The fourth-order valence-electron chi connectivity index (χ4n) is 3.31. The SMILES string of the molecule is CC[C@H](C)CNc1cc(C(=O)NCCn2ccnc2)cc(S(=O)(=O)N2CCCC2)c1. The minimum Gasteiger partial charge on any atom is -0.385 e. The summed E-state index contributed by atoms with van der Waals surface area (Å²) in [4.78, 5) is 16.9. The standard InChI is InChI=1S/C21H31N5O3S/c1-3-17(2)15-24-19-12-18(21(27)23-7-11-25-10-6-22-16-25)13-20(14-19)30(28,29)26-8-4-5-9-26/h6,10,12-14,16-17,24H,3-5,7-9,11,15H2,1-2H3,(H,23,27)/t17-/m0/s1. The summed E-state index contributed by atoms with van der Waals surface area (Å²) in [5, 5.41) is 6.16. The number of amides is 1. The maximum absolute atomic E-state index is 13.1. The highest BCUT2D eigenvalue weighted by Gasteiger charge is 2.28. The van der Waals surface area contributed by atoms with Crippen LogP contribution in [0.4, 0.5) is 5.69 Å². The summed E-state index contributed by atoms with van der Waals surface area (Å²) in [6.07, 6.45) is 7.95. The molecule has 0 bridgehead atoms. The molecule has 1 aromatic carbocycles. The molecule has 1 aliphatic heterocycles. The van der Waals surface area contributed by atoms with E-state index in [1.54, 1.807) is 24.7 Å². The third-order valence-corrected chi connectivity index (χ3v) is 7.31. The molecule has 2 aromatic rings. The van der Waals surface area contributed by atoms with Crippen molar-refractivity contribution in [3.8, 4) is 0 Å². The van der Waals surface area contributed by atoms with Gasteiger partial charge in [0.15, 0.2) is 0 Å². The van der Waals surface area contributed by atoms with Crippen molar-refractivity contribution in [2.45, 2.75) is 44.6 Å². The number of nitrogens with zero attached hydrogens (tertiary/aromatic N) is 3. The summed E-state index contributed by atoms with van der Waals surface area (Å²) in [6.45, 7) is 7.02. The van der Waals surface area contributed by atoms with Crippen LogP contribution < -0.4 is 10.6 Å². The molecule has 0 radical (unpaired) electrons. The molecule has 1 saturated heterocycles. The van der Waals surface area contributed by atoms with Crippen molar-refractivity contribution >= 4 is 21.6 Å². The highest BCUT2D eigenvalue weighted by atomic mass is 32.2. The first-order valence-electron chi connectivity index (χ1n) is 10.5. The Morgan fingerprint density at radius 2 is 2.00 bits per heavy atom. The average molecular weight is 434 g/mol. The number of carbonyl (C=O) groups excluding carboxylic acids is 1. The van der Waals surface area contributed by atoms with Gasteiger partial charge in [0, 0.05) is 56.4 Å². The normalized spacial score (nSPS) is 15.8. The van der Waals surface area contributed by atoms with Crippen LogP contribution in [0.5, 0.6) is 0 Å². The van der Waals surface area contributed by atoms with Gasteiger partial charge < -0.3 is 15.2 Å². The van der Waals surface area contributed by atoms with Crippen LogP contribution >= 0.6 is 0 Å². The van der Waals surface area contributed by atoms with E-state index in [1.807, 2.05) is 10.8 Å². The molecule has 0 unspecified atom stereocenters. The summed E-state index contributed by atoms with van der Waals surface area (Å²) in [6, 6.07) is 4.84. The highest BCUT2D eigenvalue weighted by Crippen LogP contribution is 2.25. The predicted octanol–water partition coefficient (Wildman–Crippen LogP) is 2.56. The number of nitrogens with one attached hydrogen (secondary N) is 2. The number of sulfonamides is 1. The van der Waals surface area contributed by atoms with E-state index < -0.39 is 10.0 Å². The van der Waals surface area contributed by atoms with E-state index in [0.29, 0.717) is 49.9 Å². The summed E-state index contributed by atoms with van der Waals surface area (Å²) in [5.41, 5.74) is 0.989. The zero-order valence-corrected chi connectivity index (χ0v) is 18.5. The molecular formula is C21H31N5O3S. The van der Waals surface area contributed by atoms with Crippen molar-refractivity contribution in [1.29, 1.82) is 0 Å². The largest absolute Gasteiger partial charge is 0.385 e. The van der Waals surface area contributed by atoms with Gasteiger partial charge in [0.2, 0.25) is 10.0 Å². The topological polar surface area (TPSA) is 96.3 Å². The van der Waals surface area contributed by atoms with Crippen LogP contribution in [0.2, 0.25) is 0 Å². The van der Waals surface area contributed by atoms with Crippen molar-refractivity contribution in [3.05, 3.63) is 42.5 Å². The van der Waals surface area contributed by atoms with E-state index in [9.17, 15) is 13.2 Å². The van der Waals surface area contributed by atoms with Gasteiger partial charge in [0.25, 0.3) is 5.91 Å². The van der Waals surface area contributed by atoms with Gasteiger partial charge in [-0.2, -0.15) is 4.31 Å². The average Bonchev–Trinajstić information content (AvgIpc) is 3.46. The molecular weight excluding hydrogens is 402 g/mol. The lowest BCUT2D eigenvalue weighted by Gasteiger charge is -2.18. The monoisotopic (exact) mass is 433 g/mol. The molecule has 0 spiro atoms. The van der Waals surface area contributed by atoms with E-state index >= 15 is 0 Å².